The molecule has 0 aromatic rings. The van der Waals surface area contributed by atoms with Gasteiger partial charge in [0.2, 0.25) is 0 Å². The lowest BCUT2D eigenvalue weighted by Crippen LogP contribution is -2.20. The zero-order valence-electron chi connectivity index (χ0n) is 6.09. The largest absolute Gasteiger partial charge is 0.289 e. The molecule has 0 aliphatic rings. The molecule has 0 saturated carbocycles. The van der Waals surface area contributed by atoms with Crippen LogP contribution >= 0.6 is 11.8 Å². The number of hydrogen-bond donors (Lipinski definition) is 2. The average molecular weight is 163 g/mol. The van der Waals surface area contributed by atoms with Crippen LogP contribution in [0.3, 0.4) is 0 Å². The number of amides is 1. The van der Waals surface area contributed by atoms with E-state index in [2.05, 4.69) is 6.92 Å². The van der Waals surface area contributed by atoms with Crippen molar-refractivity contribution in [2.45, 2.75) is 19.8 Å². The van der Waals surface area contributed by atoms with Gasteiger partial charge < -0.3 is 0 Å². The number of hydroxylamine groups is 1. The highest BCUT2D eigenvalue weighted by Gasteiger charge is 1.96. The van der Waals surface area contributed by atoms with Crippen molar-refractivity contribution in [1.82, 2.24) is 5.48 Å². The zero-order valence-corrected chi connectivity index (χ0v) is 6.91. The van der Waals surface area contributed by atoms with Crippen LogP contribution in [0.5, 0.6) is 0 Å². The van der Waals surface area contributed by atoms with Gasteiger partial charge in [0.05, 0.1) is 5.75 Å². The smallest absolute Gasteiger partial charge is 0.253 e. The maximum Gasteiger partial charge on any atom is 0.253 e. The summed E-state index contributed by atoms with van der Waals surface area (Å²) in [6.07, 6.45) is 2.27. The summed E-state index contributed by atoms with van der Waals surface area (Å²) in [5.74, 6) is 1.03. The summed E-state index contributed by atoms with van der Waals surface area (Å²) in [5, 5.41) is 8.08. The minimum Gasteiger partial charge on any atom is -0.289 e. The van der Waals surface area contributed by atoms with Crippen LogP contribution in [-0.2, 0) is 4.79 Å². The van der Waals surface area contributed by atoms with E-state index in [4.69, 9.17) is 5.21 Å². The first kappa shape index (κ1) is 9.78. The number of unbranched alkanes of at least 4 members (excludes halogenated alkanes) is 1. The van der Waals surface area contributed by atoms with Crippen molar-refractivity contribution in [3.05, 3.63) is 0 Å². The van der Waals surface area contributed by atoms with Gasteiger partial charge in [0.25, 0.3) is 5.91 Å². The van der Waals surface area contributed by atoms with E-state index >= 15 is 0 Å². The van der Waals surface area contributed by atoms with Crippen molar-refractivity contribution < 1.29 is 10.0 Å². The minimum absolute atomic E-state index is 0.318. The van der Waals surface area contributed by atoms with Crippen molar-refractivity contribution in [1.29, 1.82) is 0 Å². The quantitative estimate of drug-likeness (QED) is 0.361. The third-order valence-electron chi connectivity index (χ3n) is 1.00. The van der Waals surface area contributed by atoms with Gasteiger partial charge in [-0.15, -0.1) is 0 Å². The first-order valence-electron chi connectivity index (χ1n) is 3.32. The molecule has 0 bridgehead atoms. The Morgan fingerprint density at radius 3 is 2.90 bits per heavy atom. The molecule has 0 spiro atoms. The molecule has 0 rings (SSSR count). The van der Waals surface area contributed by atoms with Gasteiger partial charge in [0.15, 0.2) is 0 Å². The van der Waals surface area contributed by atoms with Crippen LogP contribution in [0, 0.1) is 0 Å². The normalized spacial score (nSPS) is 9.40. The Labute approximate surface area is 65.1 Å². The number of thioether (sulfide) groups is 1. The second-order valence-electron chi connectivity index (χ2n) is 1.94. The molecule has 0 aliphatic heterocycles. The molecular weight excluding hydrogens is 150 g/mol. The Kier molecular flexibility index (Phi) is 6.74. The summed E-state index contributed by atoms with van der Waals surface area (Å²) < 4.78 is 0. The highest BCUT2D eigenvalue weighted by atomic mass is 32.2. The SMILES string of the molecule is CCCCSCC(=O)NO. The molecule has 4 heteroatoms. The van der Waals surface area contributed by atoms with Gasteiger partial charge in [0.1, 0.15) is 0 Å². The van der Waals surface area contributed by atoms with Gasteiger partial charge >= 0.3 is 0 Å². The van der Waals surface area contributed by atoms with E-state index in [1.54, 1.807) is 5.48 Å². The second kappa shape index (κ2) is 6.89. The topological polar surface area (TPSA) is 49.3 Å². The molecule has 0 heterocycles. The summed E-state index contributed by atoms with van der Waals surface area (Å²) in [7, 11) is 0. The van der Waals surface area contributed by atoms with E-state index in [0.717, 1.165) is 18.6 Å². The lowest BCUT2D eigenvalue weighted by Gasteiger charge is -1.97. The standard InChI is InChI=1S/C6H13NO2S/c1-2-3-4-10-5-6(8)7-9/h9H,2-5H2,1H3,(H,7,8). The van der Waals surface area contributed by atoms with Gasteiger partial charge in [-0.1, -0.05) is 13.3 Å². The van der Waals surface area contributed by atoms with Gasteiger partial charge in [-0.3, -0.25) is 10.0 Å². The van der Waals surface area contributed by atoms with Crippen molar-refractivity contribution in [3.8, 4) is 0 Å². The van der Waals surface area contributed by atoms with E-state index in [1.807, 2.05) is 0 Å². The predicted molar refractivity (Wildman–Crippen MR) is 42.2 cm³/mol. The molecular formula is C6H13NO2S. The van der Waals surface area contributed by atoms with Crippen LogP contribution in [-0.4, -0.2) is 22.6 Å². The molecule has 0 unspecified atom stereocenters. The molecule has 0 saturated heterocycles. The first-order chi connectivity index (χ1) is 4.81. The Morgan fingerprint density at radius 2 is 2.40 bits per heavy atom. The van der Waals surface area contributed by atoms with Crippen LogP contribution in [0.2, 0.25) is 0 Å². The maximum atomic E-state index is 10.4. The molecule has 2 N–H and O–H groups in total. The molecule has 0 fully saturated rings. The molecule has 0 aromatic heterocycles. The maximum absolute atomic E-state index is 10.4. The van der Waals surface area contributed by atoms with E-state index < -0.39 is 0 Å². The lowest BCUT2D eigenvalue weighted by molar-refractivity contribution is -0.126. The Hall–Kier alpha value is -0.220. The van der Waals surface area contributed by atoms with Crippen LogP contribution in [0.1, 0.15) is 19.8 Å². The molecule has 1 amide bonds. The molecule has 10 heavy (non-hydrogen) atoms. The Morgan fingerprint density at radius 1 is 1.70 bits per heavy atom. The zero-order chi connectivity index (χ0) is 7.82. The van der Waals surface area contributed by atoms with Crippen molar-refractivity contribution in [2.24, 2.45) is 0 Å². The van der Waals surface area contributed by atoms with Crippen LogP contribution in [0.25, 0.3) is 0 Å². The fraction of sp³-hybridized carbons (Fsp3) is 0.833. The van der Waals surface area contributed by atoms with Gasteiger partial charge in [0, 0.05) is 0 Å². The minimum atomic E-state index is -0.318. The highest BCUT2D eigenvalue weighted by molar-refractivity contribution is 7.99. The van der Waals surface area contributed by atoms with Crippen molar-refractivity contribution >= 4 is 17.7 Å². The first-order valence-corrected chi connectivity index (χ1v) is 4.47. The summed E-state index contributed by atoms with van der Waals surface area (Å²) in [6, 6.07) is 0. The van der Waals surface area contributed by atoms with Crippen molar-refractivity contribution in [3.63, 3.8) is 0 Å². The van der Waals surface area contributed by atoms with E-state index in [0.29, 0.717) is 5.75 Å². The number of carbonyl (C=O) groups excluding carboxylic acids is 1. The lowest BCUT2D eigenvalue weighted by atomic mass is 10.4. The molecule has 0 aromatic carbocycles. The average Bonchev–Trinajstić information content (AvgIpc) is 1.98. The fourth-order valence-electron chi connectivity index (χ4n) is 0.444. The van der Waals surface area contributed by atoms with Crippen LogP contribution < -0.4 is 5.48 Å². The summed E-state index contributed by atoms with van der Waals surface area (Å²) in [4.78, 5) is 10.4. The molecule has 0 atom stereocenters. The van der Waals surface area contributed by atoms with Gasteiger partial charge in [-0.05, 0) is 12.2 Å². The summed E-state index contributed by atoms with van der Waals surface area (Å²) in [6.45, 7) is 2.10. The number of hydrogen-bond acceptors (Lipinski definition) is 3. The molecule has 3 nitrogen and oxygen atoms in total. The van der Waals surface area contributed by atoms with Crippen LogP contribution in [0.15, 0.2) is 0 Å². The van der Waals surface area contributed by atoms with E-state index in [1.165, 1.54) is 11.8 Å². The van der Waals surface area contributed by atoms with Gasteiger partial charge in [-0.2, -0.15) is 11.8 Å². The Balaban J connectivity index is 2.96. The fourth-order valence-corrected chi connectivity index (χ4v) is 1.33. The second-order valence-corrected chi connectivity index (χ2v) is 3.05. The third kappa shape index (κ3) is 5.91. The monoisotopic (exact) mass is 163 g/mol. The molecule has 60 valence electrons. The Bertz CT molecular complexity index is 97.7. The summed E-state index contributed by atoms with van der Waals surface area (Å²) >= 11 is 1.54. The third-order valence-corrected chi connectivity index (χ3v) is 2.04. The number of carbonyl (C=O) groups is 1. The highest BCUT2D eigenvalue weighted by Crippen LogP contribution is 2.02. The van der Waals surface area contributed by atoms with Crippen LogP contribution in [0.4, 0.5) is 0 Å². The van der Waals surface area contributed by atoms with E-state index in [-0.39, 0.29) is 5.91 Å². The summed E-state index contributed by atoms with van der Waals surface area (Å²) in [5.41, 5.74) is 1.58. The molecule has 0 radical (unpaired) electrons. The number of rotatable bonds is 5. The number of nitrogens with one attached hydrogen (secondary N) is 1. The molecule has 0 aliphatic carbocycles. The van der Waals surface area contributed by atoms with Crippen molar-refractivity contribution in [2.75, 3.05) is 11.5 Å². The van der Waals surface area contributed by atoms with E-state index in [9.17, 15) is 4.79 Å². The van der Waals surface area contributed by atoms with Gasteiger partial charge in [-0.25, -0.2) is 5.48 Å². The predicted octanol–water partition coefficient (Wildman–Crippen LogP) is 1.03.